The van der Waals surface area contributed by atoms with Gasteiger partial charge >= 0.3 is 0 Å². The van der Waals surface area contributed by atoms with E-state index in [4.69, 9.17) is 5.73 Å². The molecule has 0 fully saturated rings. The number of nitrogens with zero attached hydrogens (tertiary/aromatic N) is 1. The third kappa shape index (κ3) is 3.81. The maximum absolute atomic E-state index is 12.8. The molecule has 1 atom stereocenters. The van der Waals surface area contributed by atoms with Crippen LogP contribution in [0.5, 0.6) is 0 Å². The molecule has 90 valence electrons. The van der Waals surface area contributed by atoms with Crippen molar-refractivity contribution >= 4 is 5.69 Å². The van der Waals surface area contributed by atoms with Crippen LogP contribution in [0.25, 0.3) is 0 Å². The number of hydrogen-bond acceptors (Lipinski definition) is 2. The topological polar surface area (TPSA) is 29.3 Å². The van der Waals surface area contributed by atoms with Crippen LogP contribution in [0.3, 0.4) is 0 Å². The number of benzene rings is 1. The van der Waals surface area contributed by atoms with Crippen molar-refractivity contribution in [1.82, 2.24) is 0 Å². The molecular formula is C13H21FN2. The summed E-state index contributed by atoms with van der Waals surface area (Å²) in [5, 5.41) is 0. The van der Waals surface area contributed by atoms with E-state index in [1.165, 1.54) is 12.1 Å². The second-order valence-electron chi connectivity index (χ2n) is 4.01. The second-order valence-corrected chi connectivity index (χ2v) is 4.01. The zero-order valence-corrected chi connectivity index (χ0v) is 10.1. The maximum atomic E-state index is 12.8. The number of rotatable bonds is 6. The summed E-state index contributed by atoms with van der Waals surface area (Å²) in [4.78, 5) is 2.22. The van der Waals surface area contributed by atoms with E-state index in [1.54, 1.807) is 0 Å². The zero-order valence-electron chi connectivity index (χ0n) is 10.1. The fourth-order valence-corrected chi connectivity index (χ4v) is 1.65. The molecule has 0 saturated carbocycles. The lowest BCUT2D eigenvalue weighted by atomic mass is 10.1. The average molecular weight is 224 g/mol. The van der Waals surface area contributed by atoms with Crippen LogP contribution in [0.4, 0.5) is 10.1 Å². The molecule has 0 aliphatic carbocycles. The molecule has 2 N–H and O–H groups in total. The molecule has 0 bridgehead atoms. The van der Waals surface area contributed by atoms with Crippen molar-refractivity contribution in [2.24, 2.45) is 5.73 Å². The minimum Gasteiger partial charge on any atom is -0.372 e. The Labute approximate surface area is 97.3 Å². The van der Waals surface area contributed by atoms with Crippen LogP contribution in [0.1, 0.15) is 26.7 Å². The third-order valence-electron chi connectivity index (χ3n) is 2.87. The van der Waals surface area contributed by atoms with E-state index in [1.807, 2.05) is 12.1 Å². The molecule has 1 aromatic rings. The quantitative estimate of drug-likeness (QED) is 0.805. The van der Waals surface area contributed by atoms with Gasteiger partial charge in [0.15, 0.2) is 0 Å². The van der Waals surface area contributed by atoms with Gasteiger partial charge in [-0.1, -0.05) is 6.92 Å². The molecule has 3 heteroatoms. The Morgan fingerprint density at radius 1 is 1.25 bits per heavy atom. The molecule has 0 aromatic heterocycles. The van der Waals surface area contributed by atoms with Gasteiger partial charge in [0.2, 0.25) is 0 Å². The zero-order chi connectivity index (χ0) is 12.0. The van der Waals surface area contributed by atoms with Crippen molar-refractivity contribution in [3.05, 3.63) is 30.1 Å². The maximum Gasteiger partial charge on any atom is 0.123 e. The van der Waals surface area contributed by atoms with Gasteiger partial charge in [-0.15, -0.1) is 0 Å². The molecule has 2 nitrogen and oxygen atoms in total. The summed E-state index contributed by atoms with van der Waals surface area (Å²) in [5.74, 6) is -0.190. The Bertz CT molecular complexity index is 297. The van der Waals surface area contributed by atoms with Crippen molar-refractivity contribution < 1.29 is 4.39 Å². The molecule has 1 rings (SSSR count). The van der Waals surface area contributed by atoms with Crippen LogP contribution in [0, 0.1) is 5.82 Å². The minimum atomic E-state index is -0.190. The van der Waals surface area contributed by atoms with Gasteiger partial charge in [-0.3, -0.25) is 0 Å². The fourth-order valence-electron chi connectivity index (χ4n) is 1.65. The van der Waals surface area contributed by atoms with Gasteiger partial charge in [0, 0.05) is 24.8 Å². The number of hydrogen-bond donors (Lipinski definition) is 1. The highest BCUT2D eigenvalue weighted by Crippen LogP contribution is 2.15. The fraction of sp³-hybridized carbons (Fsp3) is 0.538. The molecule has 0 aliphatic heterocycles. The lowest BCUT2D eigenvalue weighted by molar-refractivity contribution is 0.585. The lowest BCUT2D eigenvalue weighted by Crippen LogP contribution is -2.30. The Morgan fingerprint density at radius 2 is 1.88 bits per heavy atom. The third-order valence-corrected chi connectivity index (χ3v) is 2.87. The molecule has 0 radical (unpaired) electrons. The van der Waals surface area contributed by atoms with E-state index in [0.717, 1.165) is 31.6 Å². The van der Waals surface area contributed by atoms with Gasteiger partial charge in [0.25, 0.3) is 0 Å². The van der Waals surface area contributed by atoms with Crippen LogP contribution >= 0.6 is 0 Å². The summed E-state index contributed by atoms with van der Waals surface area (Å²) in [6.07, 6.45) is 1.97. The number of halogens is 1. The van der Waals surface area contributed by atoms with E-state index in [9.17, 15) is 4.39 Å². The SMILES string of the molecule is CCC(N)CCN(CC)c1ccc(F)cc1. The summed E-state index contributed by atoms with van der Waals surface area (Å²) in [7, 11) is 0. The largest absolute Gasteiger partial charge is 0.372 e. The predicted octanol–water partition coefficient (Wildman–Crippen LogP) is 2.78. The average Bonchev–Trinajstić information content (AvgIpc) is 2.31. The standard InChI is InChI=1S/C13H21FN2/c1-3-12(15)9-10-16(4-2)13-7-5-11(14)6-8-13/h5-8,12H,3-4,9-10,15H2,1-2H3. The van der Waals surface area contributed by atoms with Gasteiger partial charge in [-0.2, -0.15) is 0 Å². The van der Waals surface area contributed by atoms with E-state index >= 15 is 0 Å². The Morgan fingerprint density at radius 3 is 2.38 bits per heavy atom. The van der Waals surface area contributed by atoms with Gasteiger partial charge in [0.1, 0.15) is 5.82 Å². The first-order valence-corrected chi connectivity index (χ1v) is 5.93. The van der Waals surface area contributed by atoms with Gasteiger partial charge in [-0.05, 0) is 44.0 Å². The molecule has 0 aliphatic rings. The van der Waals surface area contributed by atoms with E-state index < -0.39 is 0 Å². The van der Waals surface area contributed by atoms with Crippen molar-refractivity contribution in [2.75, 3.05) is 18.0 Å². The summed E-state index contributed by atoms with van der Waals surface area (Å²) < 4.78 is 12.8. The van der Waals surface area contributed by atoms with Crippen LogP contribution in [0.2, 0.25) is 0 Å². The van der Waals surface area contributed by atoms with Crippen molar-refractivity contribution in [3.63, 3.8) is 0 Å². The molecular weight excluding hydrogens is 203 g/mol. The molecule has 0 amide bonds. The predicted molar refractivity (Wildman–Crippen MR) is 67.2 cm³/mol. The smallest absolute Gasteiger partial charge is 0.123 e. The molecule has 1 aromatic carbocycles. The highest BCUT2D eigenvalue weighted by Gasteiger charge is 2.06. The Balaban J connectivity index is 2.57. The molecule has 0 saturated heterocycles. The van der Waals surface area contributed by atoms with Gasteiger partial charge < -0.3 is 10.6 Å². The minimum absolute atomic E-state index is 0.190. The first-order chi connectivity index (χ1) is 7.67. The van der Waals surface area contributed by atoms with E-state index in [2.05, 4.69) is 18.7 Å². The summed E-state index contributed by atoms with van der Waals surface area (Å²) >= 11 is 0. The van der Waals surface area contributed by atoms with Crippen molar-refractivity contribution in [2.45, 2.75) is 32.7 Å². The Hall–Kier alpha value is -1.09. The highest BCUT2D eigenvalue weighted by atomic mass is 19.1. The highest BCUT2D eigenvalue weighted by molar-refractivity contribution is 5.45. The number of anilines is 1. The van der Waals surface area contributed by atoms with Gasteiger partial charge in [0.05, 0.1) is 0 Å². The molecule has 16 heavy (non-hydrogen) atoms. The van der Waals surface area contributed by atoms with E-state index in [-0.39, 0.29) is 11.9 Å². The summed E-state index contributed by atoms with van der Waals surface area (Å²) in [6.45, 7) is 6.04. The first-order valence-electron chi connectivity index (χ1n) is 5.93. The van der Waals surface area contributed by atoms with Crippen LogP contribution < -0.4 is 10.6 Å². The van der Waals surface area contributed by atoms with Crippen LogP contribution in [0.15, 0.2) is 24.3 Å². The monoisotopic (exact) mass is 224 g/mol. The van der Waals surface area contributed by atoms with E-state index in [0.29, 0.717) is 0 Å². The second kappa shape index (κ2) is 6.48. The van der Waals surface area contributed by atoms with Gasteiger partial charge in [-0.25, -0.2) is 4.39 Å². The van der Waals surface area contributed by atoms with Crippen molar-refractivity contribution in [3.8, 4) is 0 Å². The van der Waals surface area contributed by atoms with Crippen LogP contribution in [-0.4, -0.2) is 19.1 Å². The summed E-state index contributed by atoms with van der Waals surface area (Å²) in [5.41, 5.74) is 6.95. The first kappa shape index (κ1) is 13.0. The Kier molecular flexibility index (Phi) is 5.26. The number of nitrogens with two attached hydrogens (primary N) is 1. The normalized spacial score (nSPS) is 12.5. The molecule has 0 spiro atoms. The molecule has 0 heterocycles. The van der Waals surface area contributed by atoms with Crippen molar-refractivity contribution in [1.29, 1.82) is 0 Å². The molecule has 1 unspecified atom stereocenters. The lowest BCUT2D eigenvalue weighted by Gasteiger charge is -2.24. The summed E-state index contributed by atoms with van der Waals surface area (Å²) in [6, 6.07) is 6.89. The van der Waals surface area contributed by atoms with Crippen LogP contribution in [-0.2, 0) is 0 Å².